The summed E-state index contributed by atoms with van der Waals surface area (Å²) in [6.45, 7) is 6.44. The number of aryl methyl sites for hydroxylation is 1. The van der Waals surface area contributed by atoms with Gasteiger partial charge in [0, 0.05) is 5.92 Å². The molecule has 0 aliphatic carbocycles. The van der Waals surface area contributed by atoms with Gasteiger partial charge in [-0.2, -0.15) is 0 Å². The standard InChI is InChI=1S/C20H28N2O3/c1-6-9-22-10-7-16(8-11-22)20(23)21-15(3)17-13-19(25-5)18(24-4)12-14(17)2/h1,12-13,15-16H,7-11H2,2-5H3,(H,21,23)/t15-/m0/s1. The van der Waals surface area contributed by atoms with Gasteiger partial charge in [-0.05, 0) is 63.0 Å². The molecule has 1 fully saturated rings. The molecule has 0 unspecified atom stereocenters. The Kier molecular flexibility index (Phi) is 6.72. The quantitative estimate of drug-likeness (QED) is 0.806. The molecule has 1 N–H and O–H groups in total. The second-order valence-electron chi connectivity index (χ2n) is 6.55. The highest BCUT2D eigenvalue weighted by molar-refractivity contribution is 5.79. The lowest BCUT2D eigenvalue weighted by atomic mass is 9.94. The summed E-state index contributed by atoms with van der Waals surface area (Å²) in [7, 11) is 3.24. The minimum atomic E-state index is -0.0870. The monoisotopic (exact) mass is 344 g/mol. The smallest absolute Gasteiger partial charge is 0.223 e. The van der Waals surface area contributed by atoms with Crippen molar-refractivity contribution in [1.29, 1.82) is 0 Å². The van der Waals surface area contributed by atoms with E-state index in [9.17, 15) is 4.79 Å². The number of likely N-dealkylation sites (tertiary alicyclic amines) is 1. The molecule has 1 aromatic carbocycles. The number of rotatable bonds is 6. The van der Waals surface area contributed by atoms with Crippen LogP contribution < -0.4 is 14.8 Å². The van der Waals surface area contributed by atoms with Gasteiger partial charge < -0.3 is 14.8 Å². The van der Waals surface area contributed by atoms with E-state index in [1.807, 2.05) is 26.0 Å². The van der Waals surface area contributed by atoms with E-state index in [4.69, 9.17) is 15.9 Å². The van der Waals surface area contributed by atoms with Crippen LogP contribution in [0.2, 0.25) is 0 Å². The summed E-state index contributed by atoms with van der Waals surface area (Å²) in [6.07, 6.45) is 7.06. The number of amides is 1. The molecule has 0 saturated carbocycles. The average Bonchev–Trinajstić information content (AvgIpc) is 2.62. The molecule has 1 amide bonds. The van der Waals surface area contributed by atoms with Crippen LogP contribution in [0.1, 0.15) is 36.9 Å². The summed E-state index contributed by atoms with van der Waals surface area (Å²) in [4.78, 5) is 14.8. The third-order valence-corrected chi connectivity index (χ3v) is 4.87. The zero-order chi connectivity index (χ0) is 18.4. The van der Waals surface area contributed by atoms with Crippen LogP contribution in [0, 0.1) is 25.2 Å². The maximum Gasteiger partial charge on any atom is 0.223 e. The Morgan fingerprint density at radius 3 is 2.48 bits per heavy atom. The van der Waals surface area contributed by atoms with E-state index in [0.717, 1.165) is 37.1 Å². The van der Waals surface area contributed by atoms with Crippen LogP contribution in [0.3, 0.4) is 0 Å². The van der Waals surface area contributed by atoms with Crippen LogP contribution in [0.4, 0.5) is 0 Å². The highest BCUT2D eigenvalue weighted by atomic mass is 16.5. The lowest BCUT2D eigenvalue weighted by Crippen LogP contribution is -2.41. The fourth-order valence-electron chi connectivity index (χ4n) is 3.35. The molecule has 136 valence electrons. The molecule has 1 saturated heterocycles. The van der Waals surface area contributed by atoms with Crippen molar-refractivity contribution in [1.82, 2.24) is 10.2 Å². The van der Waals surface area contributed by atoms with E-state index in [-0.39, 0.29) is 17.9 Å². The molecule has 5 nitrogen and oxygen atoms in total. The largest absolute Gasteiger partial charge is 0.493 e. The van der Waals surface area contributed by atoms with Gasteiger partial charge in [0.1, 0.15) is 0 Å². The van der Waals surface area contributed by atoms with Crippen LogP contribution in [0.5, 0.6) is 11.5 Å². The molecule has 0 radical (unpaired) electrons. The number of carbonyl (C=O) groups excluding carboxylic acids is 1. The van der Waals surface area contributed by atoms with Crippen LogP contribution >= 0.6 is 0 Å². The fourth-order valence-corrected chi connectivity index (χ4v) is 3.35. The lowest BCUT2D eigenvalue weighted by molar-refractivity contribution is -0.127. The van der Waals surface area contributed by atoms with Crippen molar-refractivity contribution in [2.75, 3.05) is 33.9 Å². The molecule has 2 rings (SSSR count). The number of hydrogen-bond acceptors (Lipinski definition) is 4. The number of ether oxygens (including phenoxy) is 2. The van der Waals surface area contributed by atoms with Crippen molar-refractivity contribution >= 4 is 5.91 Å². The molecule has 5 heteroatoms. The summed E-state index contributed by atoms with van der Waals surface area (Å²) in [6, 6.07) is 3.79. The summed E-state index contributed by atoms with van der Waals surface area (Å²) in [5.74, 6) is 4.20. The summed E-state index contributed by atoms with van der Waals surface area (Å²) in [5.41, 5.74) is 2.10. The first kappa shape index (κ1) is 19.1. The molecule has 1 aliphatic heterocycles. The Labute approximate surface area is 150 Å². The van der Waals surface area contributed by atoms with E-state index >= 15 is 0 Å². The van der Waals surface area contributed by atoms with Gasteiger partial charge in [-0.1, -0.05) is 5.92 Å². The number of nitrogens with zero attached hydrogens (tertiary/aromatic N) is 1. The zero-order valence-electron chi connectivity index (χ0n) is 15.6. The highest BCUT2D eigenvalue weighted by Crippen LogP contribution is 2.33. The lowest BCUT2D eigenvalue weighted by Gasteiger charge is -2.30. The minimum absolute atomic E-state index is 0.0527. The van der Waals surface area contributed by atoms with Gasteiger partial charge in [-0.15, -0.1) is 6.42 Å². The van der Waals surface area contributed by atoms with Crippen molar-refractivity contribution in [2.24, 2.45) is 5.92 Å². The molecule has 25 heavy (non-hydrogen) atoms. The first-order valence-corrected chi connectivity index (χ1v) is 8.68. The molecule has 1 atom stereocenters. The van der Waals surface area contributed by atoms with E-state index in [2.05, 4.69) is 16.1 Å². The molecular weight excluding hydrogens is 316 g/mol. The predicted octanol–water partition coefficient (Wildman–Crippen LogP) is 2.53. The fraction of sp³-hybridized carbons (Fsp3) is 0.550. The number of nitrogens with one attached hydrogen (secondary N) is 1. The zero-order valence-corrected chi connectivity index (χ0v) is 15.6. The van der Waals surface area contributed by atoms with Gasteiger partial charge in [0.15, 0.2) is 11.5 Å². The van der Waals surface area contributed by atoms with E-state index in [0.29, 0.717) is 18.0 Å². The van der Waals surface area contributed by atoms with Crippen molar-refractivity contribution in [2.45, 2.75) is 32.7 Å². The van der Waals surface area contributed by atoms with Crippen LogP contribution in [-0.2, 0) is 4.79 Å². The molecule has 0 bridgehead atoms. The molecule has 1 heterocycles. The van der Waals surface area contributed by atoms with Crippen molar-refractivity contribution in [3.8, 4) is 23.8 Å². The molecule has 1 aromatic rings. The van der Waals surface area contributed by atoms with Crippen LogP contribution in [0.25, 0.3) is 0 Å². The third kappa shape index (κ3) is 4.67. The molecule has 0 spiro atoms. The average molecular weight is 344 g/mol. The van der Waals surface area contributed by atoms with Gasteiger partial charge >= 0.3 is 0 Å². The number of methoxy groups -OCH3 is 2. The van der Waals surface area contributed by atoms with Crippen molar-refractivity contribution < 1.29 is 14.3 Å². The topological polar surface area (TPSA) is 50.8 Å². The van der Waals surface area contributed by atoms with Crippen molar-refractivity contribution in [3.63, 3.8) is 0 Å². The SMILES string of the molecule is C#CCN1CCC(C(=O)N[C@@H](C)c2cc(OC)c(OC)cc2C)CC1. The molecule has 1 aliphatic rings. The van der Waals surface area contributed by atoms with E-state index in [1.165, 1.54) is 0 Å². The van der Waals surface area contributed by atoms with Crippen LogP contribution in [0.15, 0.2) is 12.1 Å². The highest BCUT2D eigenvalue weighted by Gasteiger charge is 2.26. The van der Waals surface area contributed by atoms with Gasteiger partial charge in [0.05, 0.1) is 26.8 Å². The van der Waals surface area contributed by atoms with Gasteiger partial charge in [0.2, 0.25) is 5.91 Å². The normalized spacial score (nSPS) is 16.8. The Morgan fingerprint density at radius 1 is 1.32 bits per heavy atom. The van der Waals surface area contributed by atoms with Gasteiger partial charge in [-0.3, -0.25) is 9.69 Å². The number of piperidine rings is 1. The van der Waals surface area contributed by atoms with E-state index in [1.54, 1.807) is 14.2 Å². The molecular formula is C20H28N2O3. The van der Waals surface area contributed by atoms with Gasteiger partial charge in [-0.25, -0.2) is 0 Å². The number of carbonyl (C=O) groups is 1. The summed E-state index contributed by atoms with van der Waals surface area (Å²) >= 11 is 0. The maximum atomic E-state index is 12.6. The third-order valence-electron chi connectivity index (χ3n) is 4.87. The Bertz CT molecular complexity index is 643. The second-order valence-corrected chi connectivity index (χ2v) is 6.55. The summed E-state index contributed by atoms with van der Waals surface area (Å²) < 4.78 is 10.7. The summed E-state index contributed by atoms with van der Waals surface area (Å²) in [5, 5.41) is 3.15. The Balaban J connectivity index is 2.01. The number of benzene rings is 1. The Hall–Kier alpha value is -2.19. The van der Waals surface area contributed by atoms with Crippen molar-refractivity contribution in [3.05, 3.63) is 23.3 Å². The maximum absolute atomic E-state index is 12.6. The first-order valence-electron chi connectivity index (χ1n) is 8.68. The first-order chi connectivity index (χ1) is 12.0. The van der Waals surface area contributed by atoms with Crippen LogP contribution in [-0.4, -0.2) is 44.7 Å². The van der Waals surface area contributed by atoms with Gasteiger partial charge in [0.25, 0.3) is 0 Å². The predicted molar refractivity (Wildman–Crippen MR) is 98.8 cm³/mol. The second kappa shape index (κ2) is 8.77. The molecule has 0 aromatic heterocycles. The number of hydrogen-bond donors (Lipinski definition) is 1. The Morgan fingerprint density at radius 2 is 1.92 bits per heavy atom. The number of terminal acetylenes is 1. The minimum Gasteiger partial charge on any atom is -0.493 e. The van der Waals surface area contributed by atoms with E-state index < -0.39 is 0 Å².